The molecule has 5 heteroatoms. The molecule has 1 aromatic rings. The van der Waals surface area contributed by atoms with Crippen molar-refractivity contribution in [2.24, 2.45) is 5.73 Å². The van der Waals surface area contributed by atoms with Gasteiger partial charge in [0, 0.05) is 11.0 Å². The van der Waals surface area contributed by atoms with Crippen LogP contribution in [-0.2, 0) is 9.84 Å². The predicted octanol–water partition coefficient (Wildman–Crippen LogP) is 1.73. The highest BCUT2D eigenvalue weighted by atomic mass is 32.2. The summed E-state index contributed by atoms with van der Waals surface area (Å²) in [6.45, 7) is 7.18. The molecule has 0 atom stereocenters. The van der Waals surface area contributed by atoms with Crippen molar-refractivity contribution >= 4 is 15.7 Å². The lowest BCUT2D eigenvalue weighted by molar-refractivity contribution is 0.1000. The van der Waals surface area contributed by atoms with Gasteiger partial charge in [-0.05, 0) is 18.2 Å². The van der Waals surface area contributed by atoms with Crippen LogP contribution in [0.15, 0.2) is 41.1 Å². The highest BCUT2D eigenvalue weighted by Crippen LogP contribution is 2.13. The molecule has 0 aliphatic carbocycles. The molecule has 0 aromatic heterocycles. The van der Waals surface area contributed by atoms with Gasteiger partial charge in [-0.25, -0.2) is 8.42 Å². The summed E-state index contributed by atoms with van der Waals surface area (Å²) in [4.78, 5) is 10.8. The lowest BCUT2D eigenvalue weighted by Gasteiger charge is -2.00. The molecular formula is C11H15NO3S. The molecule has 1 aromatic carbocycles. The zero-order valence-corrected chi connectivity index (χ0v) is 10.1. The molecule has 16 heavy (non-hydrogen) atoms. The molecule has 0 heterocycles. The number of carbonyl (C=O) groups excluding carboxylic acids is 1. The Kier molecular flexibility index (Phi) is 5.46. The van der Waals surface area contributed by atoms with Gasteiger partial charge in [0.05, 0.1) is 4.90 Å². The fourth-order valence-corrected chi connectivity index (χ4v) is 1.67. The van der Waals surface area contributed by atoms with E-state index in [0.717, 1.165) is 5.41 Å². The molecule has 88 valence electrons. The topological polar surface area (TPSA) is 77.2 Å². The van der Waals surface area contributed by atoms with Gasteiger partial charge in [-0.15, -0.1) is 0 Å². The van der Waals surface area contributed by atoms with Crippen LogP contribution in [0.5, 0.6) is 0 Å². The average molecular weight is 241 g/mol. The number of hydrogen-bond donors (Lipinski definition) is 1. The second-order valence-electron chi connectivity index (χ2n) is 2.60. The molecule has 1 amide bonds. The monoisotopic (exact) mass is 241 g/mol. The van der Waals surface area contributed by atoms with Crippen LogP contribution < -0.4 is 5.73 Å². The highest BCUT2D eigenvalue weighted by molar-refractivity contribution is 7.94. The van der Waals surface area contributed by atoms with Crippen molar-refractivity contribution in [3.63, 3.8) is 0 Å². The highest BCUT2D eigenvalue weighted by Gasteiger charge is 2.10. The lowest BCUT2D eigenvalue weighted by atomic mass is 10.2. The number of rotatable bonds is 3. The summed E-state index contributed by atoms with van der Waals surface area (Å²) in [5.41, 5.74) is 5.17. The lowest BCUT2D eigenvalue weighted by Crippen LogP contribution is -2.11. The third-order valence-electron chi connectivity index (χ3n) is 1.67. The summed E-state index contributed by atoms with van der Waals surface area (Å²) in [5.74, 6) is -0.661. The van der Waals surface area contributed by atoms with Gasteiger partial charge in [-0.1, -0.05) is 26.5 Å². The summed E-state index contributed by atoms with van der Waals surface area (Å²) < 4.78 is 22.6. The first-order valence-electron chi connectivity index (χ1n) is 4.75. The Bertz CT molecular complexity index is 478. The van der Waals surface area contributed by atoms with Gasteiger partial charge in [-0.3, -0.25) is 4.79 Å². The molecule has 0 aliphatic rings. The number of benzene rings is 1. The average Bonchev–Trinajstić information content (AvgIpc) is 2.32. The van der Waals surface area contributed by atoms with Gasteiger partial charge < -0.3 is 5.73 Å². The van der Waals surface area contributed by atoms with Crippen LogP contribution in [0.3, 0.4) is 0 Å². The first-order valence-corrected chi connectivity index (χ1v) is 6.29. The molecule has 0 aliphatic heterocycles. The quantitative estimate of drug-likeness (QED) is 0.875. The van der Waals surface area contributed by atoms with E-state index in [-0.39, 0.29) is 10.5 Å². The molecule has 0 radical (unpaired) electrons. The molecule has 0 saturated carbocycles. The van der Waals surface area contributed by atoms with Crippen molar-refractivity contribution in [2.45, 2.75) is 18.7 Å². The van der Waals surface area contributed by atoms with E-state index in [2.05, 4.69) is 6.58 Å². The summed E-state index contributed by atoms with van der Waals surface area (Å²) in [6.07, 6.45) is 0. The second kappa shape index (κ2) is 6.07. The normalized spacial score (nSPS) is 9.88. The fourth-order valence-electron chi connectivity index (χ4n) is 0.923. The molecule has 0 unspecified atom stereocenters. The maximum atomic E-state index is 11.3. The van der Waals surface area contributed by atoms with Crippen LogP contribution in [0.2, 0.25) is 0 Å². The molecule has 0 bridgehead atoms. The summed E-state index contributed by atoms with van der Waals surface area (Å²) >= 11 is 0. The Labute approximate surface area is 95.7 Å². The maximum absolute atomic E-state index is 11.3. The number of amides is 1. The molecule has 1 rings (SSSR count). The molecule has 0 spiro atoms. The van der Waals surface area contributed by atoms with E-state index >= 15 is 0 Å². The van der Waals surface area contributed by atoms with Crippen LogP contribution in [-0.4, -0.2) is 14.3 Å². The van der Waals surface area contributed by atoms with E-state index in [4.69, 9.17) is 5.73 Å². The van der Waals surface area contributed by atoms with Crippen molar-refractivity contribution < 1.29 is 13.2 Å². The van der Waals surface area contributed by atoms with Crippen LogP contribution >= 0.6 is 0 Å². The molecular weight excluding hydrogens is 226 g/mol. The van der Waals surface area contributed by atoms with E-state index in [1.807, 2.05) is 13.8 Å². The zero-order valence-electron chi connectivity index (χ0n) is 9.30. The summed E-state index contributed by atoms with van der Waals surface area (Å²) in [7, 11) is -3.50. The van der Waals surface area contributed by atoms with Gasteiger partial charge in [-0.2, -0.15) is 0 Å². The number of sulfone groups is 1. The Balaban J connectivity index is 0.00000106. The van der Waals surface area contributed by atoms with Crippen LogP contribution in [0.4, 0.5) is 0 Å². The van der Waals surface area contributed by atoms with Gasteiger partial charge in [0.25, 0.3) is 0 Å². The smallest absolute Gasteiger partial charge is 0.248 e. The standard InChI is InChI=1S/C9H9NO3S.C2H6/c1-2-14(12,13)8-5-3-4-7(6-8)9(10)11;1-2/h2-6H,1H2,(H2,10,11);1-2H3. The van der Waals surface area contributed by atoms with E-state index in [1.54, 1.807) is 0 Å². The number of hydrogen-bond acceptors (Lipinski definition) is 3. The van der Waals surface area contributed by atoms with Gasteiger partial charge in [0.2, 0.25) is 5.91 Å². The molecule has 4 nitrogen and oxygen atoms in total. The third kappa shape index (κ3) is 3.51. The summed E-state index contributed by atoms with van der Waals surface area (Å²) in [5, 5.41) is 0.826. The first-order chi connectivity index (χ1) is 7.47. The van der Waals surface area contributed by atoms with Crippen LogP contribution in [0, 0.1) is 0 Å². The Morgan fingerprint density at radius 2 is 1.94 bits per heavy atom. The van der Waals surface area contributed by atoms with Crippen molar-refractivity contribution in [3.05, 3.63) is 41.8 Å². The molecule has 0 saturated heterocycles. The first kappa shape index (κ1) is 14.4. The minimum absolute atomic E-state index is 0.0174. The zero-order chi connectivity index (χ0) is 12.8. The molecule has 0 fully saturated rings. The number of carbonyl (C=O) groups is 1. The Morgan fingerprint density at radius 1 is 1.38 bits per heavy atom. The predicted molar refractivity (Wildman–Crippen MR) is 63.7 cm³/mol. The van der Waals surface area contributed by atoms with Crippen molar-refractivity contribution in [1.29, 1.82) is 0 Å². The van der Waals surface area contributed by atoms with E-state index in [0.29, 0.717) is 0 Å². The number of nitrogens with two attached hydrogens (primary N) is 1. The summed E-state index contributed by atoms with van der Waals surface area (Å²) in [6, 6.07) is 5.50. The van der Waals surface area contributed by atoms with Crippen LogP contribution in [0.1, 0.15) is 24.2 Å². The van der Waals surface area contributed by atoms with E-state index in [1.165, 1.54) is 24.3 Å². The minimum atomic E-state index is -3.50. The van der Waals surface area contributed by atoms with Crippen molar-refractivity contribution in [1.82, 2.24) is 0 Å². The van der Waals surface area contributed by atoms with Gasteiger partial charge >= 0.3 is 0 Å². The fraction of sp³-hybridized carbons (Fsp3) is 0.182. The number of primary amides is 1. The van der Waals surface area contributed by atoms with E-state index in [9.17, 15) is 13.2 Å². The van der Waals surface area contributed by atoms with Gasteiger partial charge in [0.15, 0.2) is 9.84 Å². The minimum Gasteiger partial charge on any atom is -0.366 e. The van der Waals surface area contributed by atoms with Gasteiger partial charge in [0.1, 0.15) is 0 Å². The van der Waals surface area contributed by atoms with Crippen molar-refractivity contribution in [2.75, 3.05) is 0 Å². The van der Waals surface area contributed by atoms with Crippen LogP contribution in [0.25, 0.3) is 0 Å². The second-order valence-corrected chi connectivity index (χ2v) is 4.50. The third-order valence-corrected chi connectivity index (χ3v) is 3.02. The Hall–Kier alpha value is -1.62. The molecule has 2 N–H and O–H groups in total. The maximum Gasteiger partial charge on any atom is 0.248 e. The Morgan fingerprint density at radius 3 is 2.38 bits per heavy atom. The van der Waals surface area contributed by atoms with E-state index < -0.39 is 15.7 Å². The SMILES string of the molecule is C=CS(=O)(=O)c1cccc(C(N)=O)c1.CC. The largest absolute Gasteiger partial charge is 0.366 e. The van der Waals surface area contributed by atoms with Crippen molar-refractivity contribution in [3.8, 4) is 0 Å².